The molecule has 0 saturated heterocycles. The molecule has 1 N–H and O–H groups in total. The normalized spacial score (nSPS) is 25.4. The van der Waals surface area contributed by atoms with E-state index in [-0.39, 0.29) is 11.5 Å². The first kappa shape index (κ1) is 13.2. The monoisotopic (exact) mass is 250 g/mol. The molecule has 0 spiro atoms. The number of rotatable bonds is 3. The molecule has 1 aliphatic carbocycles. The topological polar surface area (TPSA) is 38.7 Å². The van der Waals surface area contributed by atoms with E-state index in [9.17, 15) is 5.11 Å². The quantitative estimate of drug-likeness (QED) is 0.896. The molecule has 2 unspecified atom stereocenters. The zero-order valence-corrected chi connectivity index (χ0v) is 11.8. The van der Waals surface area contributed by atoms with Crippen LogP contribution in [0.15, 0.2) is 12.1 Å². The van der Waals surface area contributed by atoms with Gasteiger partial charge in [0.25, 0.3) is 0 Å². The highest BCUT2D eigenvalue weighted by atomic mass is 16.5. The van der Waals surface area contributed by atoms with Gasteiger partial charge < -0.3 is 14.6 Å². The summed E-state index contributed by atoms with van der Waals surface area (Å²) in [6, 6.07) is 4.06. The molecule has 0 aromatic heterocycles. The predicted molar refractivity (Wildman–Crippen MR) is 71.4 cm³/mol. The summed E-state index contributed by atoms with van der Waals surface area (Å²) in [5.41, 5.74) is 2.38. The van der Waals surface area contributed by atoms with Gasteiger partial charge >= 0.3 is 0 Å². The molecule has 1 saturated carbocycles. The number of benzene rings is 1. The highest BCUT2D eigenvalue weighted by molar-refractivity contribution is 5.49. The minimum Gasteiger partial charge on any atom is -0.493 e. The lowest BCUT2D eigenvalue weighted by molar-refractivity contribution is -0.0627. The molecule has 0 heterocycles. The van der Waals surface area contributed by atoms with Crippen LogP contribution in [0.4, 0.5) is 0 Å². The number of methoxy groups -OCH3 is 2. The molecule has 0 bridgehead atoms. The fraction of sp³-hybridized carbons (Fsp3) is 0.600. The van der Waals surface area contributed by atoms with E-state index in [0.717, 1.165) is 17.9 Å². The van der Waals surface area contributed by atoms with Crippen LogP contribution in [0.3, 0.4) is 0 Å². The van der Waals surface area contributed by atoms with Crippen molar-refractivity contribution in [3.63, 3.8) is 0 Å². The smallest absolute Gasteiger partial charge is 0.161 e. The standard InChI is InChI=1S/C15H22O3/c1-9-6-12(17-4)13(18-5)7-10(9)11-8-14(16)15(11,2)3/h6-7,11,14,16H,8H2,1-5H3. The number of hydrogen-bond donors (Lipinski definition) is 1. The Hall–Kier alpha value is -1.22. The second-order valence-corrected chi connectivity index (χ2v) is 5.69. The van der Waals surface area contributed by atoms with Gasteiger partial charge in [0.15, 0.2) is 11.5 Å². The predicted octanol–water partition coefficient (Wildman–Crippen LogP) is 2.89. The number of aryl methyl sites for hydroxylation is 1. The number of hydrogen-bond acceptors (Lipinski definition) is 3. The van der Waals surface area contributed by atoms with Crippen LogP contribution in [-0.4, -0.2) is 25.4 Å². The first-order valence-electron chi connectivity index (χ1n) is 6.32. The van der Waals surface area contributed by atoms with Crippen molar-refractivity contribution < 1.29 is 14.6 Å². The summed E-state index contributed by atoms with van der Waals surface area (Å²) >= 11 is 0. The summed E-state index contributed by atoms with van der Waals surface area (Å²) in [6.45, 7) is 6.31. The summed E-state index contributed by atoms with van der Waals surface area (Å²) in [7, 11) is 3.30. The summed E-state index contributed by atoms with van der Waals surface area (Å²) in [6.07, 6.45) is 0.610. The van der Waals surface area contributed by atoms with Crippen LogP contribution in [0, 0.1) is 12.3 Å². The van der Waals surface area contributed by atoms with Gasteiger partial charge in [-0.2, -0.15) is 0 Å². The largest absolute Gasteiger partial charge is 0.493 e. The molecule has 1 fully saturated rings. The Kier molecular flexibility index (Phi) is 3.28. The third kappa shape index (κ3) is 1.87. The Morgan fingerprint density at radius 2 is 1.72 bits per heavy atom. The van der Waals surface area contributed by atoms with E-state index < -0.39 is 0 Å². The molecule has 18 heavy (non-hydrogen) atoms. The zero-order valence-electron chi connectivity index (χ0n) is 11.8. The number of ether oxygens (including phenoxy) is 2. The maximum Gasteiger partial charge on any atom is 0.161 e. The van der Waals surface area contributed by atoms with Crippen molar-refractivity contribution in [2.45, 2.75) is 39.2 Å². The lowest BCUT2D eigenvalue weighted by Crippen LogP contribution is -2.47. The molecule has 3 nitrogen and oxygen atoms in total. The first-order valence-corrected chi connectivity index (χ1v) is 6.32. The van der Waals surface area contributed by atoms with E-state index in [1.807, 2.05) is 12.1 Å². The van der Waals surface area contributed by atoms with Crippen LogP contribution in [-0.2, 0) is 0 Å². The summed E-state index contributed by atoms with van der Waals surface area (Å²) in [5.74, 6) is 1.90. The first-order chi connectivity index (χ1) is 8.41. The molecule has 0 aliphatic heterocycles. The van der Waals surface area contributed by atoms with E-state index >= 15 is 0 Å². The lowest BCUT2D eigenvalue weighted by atomic mass is 9.57. The number of aliphatic hydroxyl groups excluding tert-OH is 1. The van der Waals surface area contributed by atoms with Gasteiger partial charge in [-0.1, -0.05) is 13.8 Å². The van der Waals surface area contributed by atoms with Gasteiger partial charge in [0.2, 0.25) is 0 Å². The molecule has 2 rings (SSSR count). The van der Waals surface area contributed by atoms with Crippen molar-refractivity contribution in [3.05, 3.63) is 23.3 Å². The summed E-state index contributed by atoms with van der Waals surface area (Å²) < 4.78 is 10.7. The Labute approximate surface area is 109 Å². The molecule has 1 aromatic rings. The van der Waals surface area contributed by atoms with Gasteiger partial charge in [-0.3, -0.25) is 0 Å². The fourth-order valence-electron chi connectivity index (χ4n) is 2.80. The molecule has 0 radical (unpaired) electrons. The van der Waals surface area contributed by atoms with Crippen LogP contribution < -0.4 is 9.47 Å². The highest BCUT2D eigenvalue weighted by Crippen LogP contribution is 2.54. The zero-order chi connectivity index (χ0) is 13.5. The Balaban J connectivity index is 2.40. The van der Waals surface area contributed by atoms with Gasteiger partial charge in [-0.05, 0) is 47.9 Å². The van der Waals surface area contributed by atoms with E-state index in [4.69, 9.17) is 9.47 Å². The van der Waals surface area contributed by atoms with Crippen molar-refractivity contribution in [2.75, 3.05) is 14.2 Å². The molecule has 2 atom stereocenters. The Bertz CT molecular complexity index is 451. The molecule has 1 aliphatic rings. The van der Waals surface area contributed by atoms with Crippen LogP contribution >= 0.6 is 0 Å². The molecular formula is C15H22O3. The van der Waals surface area contributed by atoms with Gasteiger partial charge in [0, 0.05) is 0 Å². The second-order valence-electron chi connectivity index (χ2n) is 5.69. The van der Waals surface area contributed by atoms with Gasteiger partial charge in [-0.15, -0.1) is 0 Å². The van der Waals surface area contributed by atoms with Gasteiger partial charge in [-0.25, -0.2) is 0 Å². The fourth-order valence-corrected chi connectivity index (χ4v) is 2.80. The van der Waals surface area contributed by atoms with Crippen molar-refractivity contribution in [1.82, 2.24) is 0 Å². The molecule has 0 amide bonds. The summed E-state index contributed by atoms with van der Waals surface area (Å²) in [5, 5.41) is 9.87. The number of aliphatic hydroxyl groups is 1. The minimum atomic E-state index is -0.213. The SMILES string of the molecule is COc1cc(C)c(C2CC(O)C2(C)C)cc1OC. The van der Waals surface area contributed by atoms with Gasteiger partial charge in [0.1, 0.15) is 0 Å². The Morgan fingerprint density at radius 1 is 1.17 bits per heavy atom. The van der Waals surface area contributed by atoms with E-state index in [1.165, 1.54) is 11.1 Å². The van der Waals surface area contributed by atoms with Crippen molar-refractivity contribution in [3.8, 4) is 11.5 Å². The van der Waals surface area contributed by atoms with E-state index in [1.54, 1.807) is 14.2 Å². The van der Waals surface area contributed by atoms with Crippen LogP contribution in [0.2, 0.25) is 0 Å². The van der Waals surface area contributed by atoms with Crippen molar-refractivity contribution >= 4 is 0 Å². The molecule has 3 heteroatoms. The van der Waals surface area contributed by atoms with Crippen molar-refractivity contribution in [2.24, 2.45) is 5.41 Å². The highest BCUT2D eigenvalue weighted by Gasteiger charge is 2.48. The average molecular weight is 250 g/mol. The van der Waals surface area contributed by atoms with Crippen LogP contribution in [0.5, 0.6) is 11.5 Å². The average Bonchev–Trinajstić information content (AvgIpc) is 2.36. The second kappa shape index (κ2) is 4.47. The maximum absolute atomic E-state index is 9.87. The van der Waals surface area contributed by atoms with Crippen LogP contribution in [0.1, 0.15) is 37.3 Å². The van der Waals surface area contributed by atoms with Crippen molar-refractivity contribution in [1.29, 1.82) is 0 Å². The Morgan fingerprint density at radius 3 is 2.17 bits per heavy atom. The van der Waals surface area contributed by atoms with Crippen LogP contribution in [0.25, 0.3) is 0 Å². The van der Waals surface area contributed by atoms with Gasteiger partial charge in [0.05, 0.1) is 20.3 Å². The minimum absolute atomic E-state index is 0.0651. The summed E-state index contributed by atoms with van der Waals surface area (Å²) in [4.78, 5) is 0. The lowest BCUT2D eigenvalue weighted by Gasteiger charge is -2.50. The third-order valence-corrected chi connectivity index (χ3v) is 4.36. The molecular weight excluding hydrogens is 228 g/mol. The van der Waals surface area contributed by atoms with E-state index in [2.05, 4.69) is 20.8 Å². The molecule has 1 aromatic carbocycles. The maximum atomic E-state index is 9.87. The van der Waals surface area contributed by atoms with E-state index in [0.29, 0.717) is 5.92 Å². The third-order valence-electron chi connectivity index (χ3n) is 4.36. The molecule has 100 valence electrons.